The Morgan fingerprint density at radius 2 is 1.39 bits per heavy atom. The van der Waals surface area contributed by atoms with Crippen LogP contribution in [0, 0.1) is 0 Å². The molecule has 1 heteroatoms. The summed E-state index contributed by atoms with van der Waals surface area (Å²) in [5.74, 6) is 0. The molecule has 0 fully saturated rings. The lowest BCUT2D eigenvalue weighted by atomic mass is 9.96. The molecule has 0 saturated heterocycles. The van der Waals surface area contributed by atoms with Crippen LogP contribution in [0.25, 0.3) is 6.08 Å². The minimum Gasteiger partial charge on any atom is -0.290 e. The summed E-state index contributed by atoms with van der Waals surface area (Å²) >= 11 is 0. The highest BCUT2D eigenvalue weighted by Gasteiger charge is 2.30. The lowest BCUT2D eigenvalue weighted by Crippen LogP contribution is -2.52. The van der Waals surface area contributed by atoms with Crippen LogP contribution >= 0.6 is 0 Å². The predicted molar refractivity (Wildman–Crippen MR) is 81.7 cm³/mol. The first-order chi connectivity index (χ1) is 8.21. The van der Waals surface area contributed by atoms with Gasteiger partial charge >= 0.3 is 0 Å². The van der Waals surface area contributed by atoms with Crippen LogP contribution in [0.3, 0.4) is 0 Å². The molecule has 0 aromatic heterocycles. The van der Waals surface area contributed by atoms with Gasteiger partial charge in [-0.15, -0.1) is 0 Å². The van der Waals surface area contributed by atoms with Gasteiger partial charge in [0.15, 0.2) is 0 Å². The quantitative estimate of drug-likeness (QED) is 0.752. The highest BCUT2D eigenvalue weighted by molar-refractivity contribution is 5.48. The number of hydrogen-bond acceptors (Lipinski definition) is 1. The second-order valence-corrected chi connectivity index (χ2v) is 6.77. The van der Waals surface area contributed by atoms with Crippen molar-refractivity contribution in [3.8, 4) is 0 Å². The minimum absolute atomic E-state index is 0.180. The molecule has 1 aromatic carbocycles. The average Bonchev–Trinajstić information content (AvgIpc) is 2.22. The van der Waals surface area contributed by atoms with Crippen LogP contribution in [0.2, 0.25) is 0 Å². The van der Waals surface area contributed by atoms with Gasteiger partial charge in [-0.25, -0.2) is 0 Å². The minimum atomic E-state index is 0.180. The third-order valence-corrected chi connectivity index (χ3v) is 3.02. The molecule has 0 unspecified atom stereocenters. The Balaban J connectivity index is 2.73. The van der Waals surface area contributed by atoms with E-state index in [0.717, 1.165) is 6.54 Å². The highest BCUT2D eigenvalue weighted by Crippen LogP contribution is 2.24. The zero-order valence-electron chi connectivity index (χ0n) is 12.7. The second kappa shape index (κ2) is 5.71. The fraction of sp³-hybridized carbons (Fsp3) is 0.529. The summed E-state index contributed by atoms with van der Waals surface area (Å²) in [6.45, 7) is 14.6. The van der Waals surface area contributed by atoms with Gasteiger partial charge in [-0.1, -0.05) is 42.5 Å². The van der Waals surface area contributed by atoms with E-state index in [1.165, 1.54) is 5.56 Å². The van der Waals surface area contributed by atoms with Gasteiger partial charge in [0, 0.05) is 17.6 Å². The Morgan fingerprint density at radius 3 is 1.83 bits per heavy atom. The molecule has 1 rings (SSSR count). The van der Waals surface area contributed by atoms with Gasteiger partial charge in [0.05, 0.1) is 0 Å². The number of hydrogen-bond donors (Lipinski definition) is 0. The van der Waals surface area contributed by atoms with Crippen molar-refractivity contribution < 1.29 is 0 Å². The van der Waals surface area contributed by atoms with Gasteiger partial charge in [0.25, 0.3) is 0 Å². The smallest absolute Gasteiger partial charge is 0.0176 e. The van der Waals surface area contributed by atoms with Crippen molar-refractivity contribution in [2.24, 2.45) is 0 Å². The number of benzene rings is 1. The Hall–Kier alpha value is -1.08. The number of nitrogens with zero attached hydrogens (tertiary/aromatic N) is 1. The molecular formula is C17H27N. The van der Waals surface area contributed by atoms with E-state index in [1.54, 1.807) is 0 Å². The van der Waals surface area contributed by atoms with Crippen LogP contribution in [0.5, 0.6) is 0 Å². The first-order valence-electron chi connectivity index (χ1n) is 6.70. The van der Waals surface area contributed by atoms with Crippen LogP contribution in [-0.2, 0) is 0 Å². The monoisotopic (exact) mass is 245 g/mol. The molecule has 0 N–H and O–H groups in total. The van der Waals surface area contributed by atoms with E-state index in [9.17, 15) is 0 Å². The van der Waals surface area contributed by atoms with Crippen LogP contribution in [-0.4, -0.2) is 22.5 Å². The maximum Gasteiger partial charge on any atom is 0.0176 e. The molecule has 0 aliphatic rings. The maximum atomic E-state index is 2.51. The van der Waals surface area contributed by atoms with Gasteiger partial charge in [0.1, 0.15) is 0 Å². The molecule has 0 aliphatic heterocycles. The van der Waals surface area contributed by atoms with E-state index in [0.29, 0.717) is 0 Å². The molecule has 0 heterocycles. The third kappa shape index (κ3) is 4.66. The van der Waals surface area contributed by atoms with Gasteiger partial charge in [-0.2, -0.15) is 0 Å². The molecule has 0 aliphatic carbocycles. The van der Waals surface area contributed by atoms with E-state index in [-0.39, 0.29) is 11.1 Å². The molecule has 0 atom stereocenters. The zero-order valence-corrected chi connectivity index (χ0v) is 12.7. The Labute approximate surface area is 113 Å². The Kier molecular flexibility index (Phi) is 4.75. The molecule has 0 radical (unpaired) electrons. The van der Waals surface area contributed by atoms with Gasteiger partial charge in [-0.05, 0) is 47.1 Å². The topological polar surface area (TPSA) is 3.24 Å². The van der Waals surface area contributed by atoms with Crippen molar-refractivity contribution in [2.75, 3.05) is 6.54 Å². The summed E-state index contributed by atoms with van der Waals surface area (Å²) in [4.78, 5) is 2.51. The van der Waals surface area contributed by atoms with E-state index in [1.807, 2.05) is 6.07 Å². The molecule has 1 aromatic rings. The SMILES string of the molecule is CC(C)(C)N(CC=Cc1ccccc1)C(C)(C)C. The molecule has 0 bridgehead atoms. The Morgan fingerprint density at radius 1 is 0.889 bits per heavy atom. The largest absolute Gasteiger partial charge is 0.290 e. The van der Waals surface area contributed by atoms with Crippen LogP contribution in [0.4, 0.5) is 0 Å². The summed E-state index contributed by atoms with van der Waals surface area (Å²) in [7, 11) is 0. The van der Waals surface area contributed by atoms with Crippen molar-refractivity contribution in [3.05, 3.63) is 42.0 Å². The van der Waals surface area contributed by atoms with Crippen molar-refractivity contribution in [1.29, 1.82) is 0 Å². The summed E-state index contributed by atoms with van der Waals surface area (Å²) in [5.41, 5.74) is 1.62. The van der Waals surface area contributed by atoms with Crippen LogP contribution < -0.4 is 0 Å². The molecule has 0 saturated carbocycles. The van der Waals surface area contributed by atoms with E-state index >= 15 is 0 Å². The van der Waals surface area contributed by atoms with Crippen molar-refractivity contribution in [3.63, 3.8) is 0 Å². The van der Waals surface area contributed by atoms with Crippen molar-refractivity contribution >= 4 is 6.08 Å². The second-order valence-electron chi connectivity index (χ2n) is 6.77. The fourth-order valence-electron chi connectivity index (χ4n) is 2.41. The summed E-state index contributed by atoms with van der Waals surface area (Å²) in [5, 5.41) is 0. The molecule has 0 amide bonds. The molecular weight excluding hydrogens is 218 g/mol. The zero-order chi connectivity index (χ0) is 13.8. The van der Waals surface area contributed by atoms with Gasteiger partial charge in [-0.3, -0.25) is 4.90 Å². The third-order valence-electron chi connectivity index (χ3n) is 3.02. The van der Waals surface area contributed by atoms with Crippen molar-refractivity contribution in [1.82, 2.24) is 4.90 Å². The molecule has 0 spiro atoms. The molecule has 18 heavy (non-hydrogen) atoms. The first kappa shape index (κ1) is 15.0. The standard InChI is InChI=1S/C17H27N/c1-16(2,3)18(17(4,5)6)14-10-13-15-11-8-7-9-12-15/h7-13H,14H2,1-6H3. The van der Waals surface area contributed by atoms with Crippen LogP contribution in [0.15, 0.2) is 36.4 Å². The van der Waals surface area contributed by atoms with E-state index < -0.39 is 0 Å². The lowest BCUT2D eigenvalue weighted by molar-refractivity contribution is 0.0521. The molecule has 1 nitrogen and oxygen atoms in total. The summed E-state index contributed by atoms with van der Waals surface area (Å²) in [6, 6.07) is 10.5. The summed E-state index contributed by atoms with van der Waals surface area (Å²) < 4.78 is 0. The van der Waals surface area contributed by atoms with Crippen LogP contribution in [0.1, 0.15) is 47.1 Å². The summed E-state index contributed by atoms with van der Waals surface area (Å²) in [6.07, 6.45) is 4.45. The first-order valence-corrected chi connectivity index (χ1v) is 6.70. The predicted octanol–water partition coefficient (Wildman–Crippen LogP) is 4.60. The molecule has 100 valence electrons. The Bertz CT molecular complexity index is 362. The lowest BCUT2D eigenvalue weighted by Gasteiger charge is -2.44. The highest BCUT2D eigenvalue weighted by atomic mass is 15.2. The maximum absolute atomic E-state index is 2.51. The van der Waals surface area contributed by atoms with E-state index in [2.05, 4.69) is 82.9 Å². The fourth-order valence-corrected chi connectivity index (χ4v) is 2.41. The normalized spacial score (nSPS) is 13.5. The van der Waals surface area contributed by atoms with Gasteiger partial charge < -0.3 is 0 Å². The number of rotatable bonds is 3. The van der Waals surface area contributed by atoms with Crippen molar-refractivity contribution in [2.45, 2.75) is 52.6 Å². The average molecular weight is 245 g/mol. The van der Waals surface area contributed by atoms with E-state index in [4.69, 9.17) is 0 Å². The van der Waals surface area contributed by atoms with Gasteiger partial charge in [0.2, 0.25) is 0 Å².